The van der Waals surface area contributed by atoms with Gasteiger partial charge in [0.1, 0.15) is 12.4 Å². The Hall–Kier alpha value is -11.9. The molecule has 0 spiro atoms. The van der Waals surface area contributed by atoms with Gasteiger partial charge in [-0.2, -0.15) is 0 Å². The molecule has 0 aliphatic heterocycles. The highest BCUT2D eigenvalue weighted by Gasteiger charge is 2.47. The van der Waals surface area contributed by atoms with Crippen LogP contribution < -0.4 is 4.74 Å². The minimum atomic E-state index is -0.175. The lowest BCUT2D eigenvalue weighted by atomic mass is 9.72. The van der Waals surface area contributed by atoms with E-state index in [1.165, 1.54) is 284 Å². The first-order chi connectivity index (χ1) is 62.4. The lowest BCUT2D eigenvalue weighted by Gasteiger charge is -2.30. The minimum Gasteiger partial charge on any atom is -0.491 e. The van der Waals surface area contributed by atoms with E-state index in [1.54, 1.807) is 0 Å². The Bertz CT molecular complexity index is 6660. The van der Waals surface area contributed by atoms with Crippen LogP contribution in [-0.4, -0.2) is 19.8 Å². The van der Waals surface area contributed by atoms with Crippen molar-refractivity contribution in [2.75, 3.05) is 19.8 Å². The molecule has 5 aliphatic carbocycles. The molecule has 15 aromatic carbocycles. The molecule has 0 radical (unpaired) electrons. The van der Waals surface area contributed by atoms with Crippen LogP contribution >= 0.6 is 0 Å². The van der Waals surface area contributed by atoms with Gasteiger partial charge in [0.05, 0.1) is 6.61 Å². The fourth-order valence-corrected chi connectivity index (χ4v) is 22.4. The van der Waals surface area contributed by atoms with Crippen molar-refractivity contribution in [1.82, 2.24) is 0 Å². The van der Waals surface area contributed by atoms with Crippen molar-refractivity contribution in [3.05, 3.63) is 459 Å². The van der Waals surface area contributed by atoms with Crippen molar-refractivity contribution in [2.24, 2.45) is 0 Å². The van der Waals surface area contributed by atoms with Crippen LogP contribution in [0.15, 0.2) is 231 Å². The summed E-state index contributed by atoms with van der Waals surface area (Å²) >= 11 is 0. The summed E-state index contributed by atoms with van der Waals surface area (Å²) in [4.78, 5) is 0. The summed E-state index contributed by atoms with van der Waals surface area (Å²) in [6.07, 6.45) is 0. The number of fused-ring (bicyclic) bond motifs is 15. The third-order valence-electron chi connectivity index (χ3n) is 32.1. The fraction of sp³-hybridized carbons (Fsp3) is 0.308. The molecule has 132 heavy (non-hydrogen) atoms. The van der Waals surface area contributed by atoms with Gasteiger partial charge in [0.25, 0.3) is 0 Å². The molecule has 0 saturated heterocycles. The quantitative estimate of drug-likeness (QED) is 0.127. The molecule has 0 N–H and O–H groups in total. The number of aryl methyl sites for hydroxylation is 26. The van der Waals surface area contributed by atoms with E-state index in [9.17, 15) is 0 Å². The lowest BCUT2D eigenvalue weighted by molar-refractivity contribution is 0.110. The van der Waals surface area contributed by atoms with Crippen molar-refractivity contribution in [2.45, 2.75) is 249 Å². The summed E-state index contributed by atoms with van der Waals surface area (Å²) in [7, 11) is 0. The highest BCUT2D eigenvalue weighted by molar-refractivity contribution is 5.90. The largest absolute Gasteiger partial charge is 0.491 e. The normalized spacial score (nSPS) is 14.2. The smallest absolute Gasteiger partial charge is 0.119 e. The molecular formula is C130H140O2. The van der Waals surface area contributed by atoms with E-state index in [0.717, 1.165) is 12.4 Å². The SMILES string of the molecule is CCOCCOc1ccc(C2(C)c3cc(C)c(C)cc3-c3cc(C)c(C)cc32)cc1.Cc1cc(C)cc(C2(C)c3cc(C)c(C)cc3-c3cc(C)c(C)cc32)c1.Cc1cc(C)cc(C2(C)c3cc(C)c(C)cc3-c3cc(C)c(C)cc32)c1.Cc1ccc(C2(C)c3cc(C)c(C)cc3-c3cc(C)c(C)cc32)cc1.Cc1cccc(C2(C)c3cc(C)c(C)cc3-c3cc(C)c(C)cc32)c1. The average molecular weight is 1730 g/mol. The molecule has 5 aliphatic rings. The van der Waals surface area contributed by atoms with Crippen LogP contribution in [0.5, 0.6) is 5.75 Å². The number of hydrogen-bond acceptors (Lipinski definition) is 2. The van der Waals surface area contributed by atoms with Gasteiger partial charge >= 0.3 is 0 Å². The first-order valence-electron chi connectivity index (χ1n) is 48.3. The van der Waals surface area contributed by atoms with Crippen molar-refractivity contribution < 1.29 is 9.47 Å². The van der Waals surface area contributed by atoms with E-state index in [0.29, 0.717) is 13.2 Å². The van der Waals surface area contributed by atoms with Crippen LogP contribution in [0.1, 0.15) is 270 Å². The van der Waals surface area contributed by atoms with E-state index < -0.39 is 0 Å². The summed E-state index contributed by atoms with van der Waals surface area (Å²) in [5.74, 6) is 0.890. The predicted octanol–water partition coefficient (Wildman–Crippen LogP) is 33.5. The van der Waals surface area contributed by atoms with E-state index in [2.05, 4.69) is 445 Å². The van der Waals surface area contributed by atoms with Gasteiger partial charge in [0, 0.05) is 33.7 Å². The second kappa shape index (κ2) is 35.2. The molecule has 2 nitrogen and oxygen atoms in total. The molecule has 672 valence electrons. The summed E-state index contributed by atoms with van der Waals surface area (Å²) in [6.45, 7) is 73.5. The fourth-order valence-electron chi connectivity index (χ4n) is 22.4. The topological polar surface area (TPSA) is 18.5 Å². The second-order valence-electron chi connectivity index (χ2n) is 41.5. The van der Waals surface area contributed by atoms with Crippen LogP contribution in [0.4, 0.5) is 0 Å². The number of ether oxygens (including phenoxy) is 2. The predicted molar refractivity (Wildman–Crippen MR) is 565 cm³/mol. The molecule has 2 heteroatoms. The Morgan fingerprint density at radius 3 is 0.591 bits per heavy atom. The van der Waals surface area contributed by atoms with Crippen molar-refractivity contribution in [1.29, 1.82) is 0 Å². The molecule has 0 saturated carbocycles. The minimum absolute atomic E-state index is 0.0880. The molecule has 20 rings (SSSR count). The number of benzene rings is 15. The van der Waals surface area contributed by atoms with Crippen LogP contribution in [0.25, 0.3) is 55.6 Å². The molecule has 0 amide bonds. The Balaban J connectivity index is 0.000000121. The van der Waals surface area contributed by atoms with E-state index >= 15 is 0 Å². The highest BCUT2D eigenvalue weighted by Crippen LogP contribution is 2.60. The lowest BCUT2D eigenvalue weighted by Crippen LogP contribution is -2.23. The third-order valence-corrected chi connectivity index (χ3v) is 32.1. The Labute approximate surface area is 792 Å². The van der Waals surface area contributed by atoms with Gasteiger partial charge in [-0.25, -0.2) is 0 Å². The summed E-state index contributed by atoms with van der Waals surface area (Å²) in [5.41, 5.74) is 70.0. The first-order valence-corrected chi connectivity index (χ1v) is 48.3. The van der Waals surface area contributed by atoms with Crippen molar-refractivity contribution in [3.63, 3.8) is 0 Å². The molecule has 0 unspecified atom stereocenters. The molecule has 15 aromatic rings. The van der Waals surface area contributed by atoms with Crippen molar-refractivity contribution in [3.8, 4) is 61.4 Å². The second-order valence-corrected chi connectivity index (χ2v) is 41.5. The first kappa shape index (κ1) is 93.3. The summed E-state index contributed by atoms with van der Waals surface area (Å²) in [5, 5.41) is 0. The van der Waals surface area contributed by atoms with Crippen LogP contribution in [-0.2, 0) is 31.8 Å². The molecule has 0 fully saturated rings. The van der Waals surface area contributed by atoms with Gasteiger partial charge in [-0.1, -0.05) is 252 Å². The maximum absolute atomic E-state index is 5.84. The van der Waals surface area contributed by atoms with Gasteiger partial charge in [0.15, 0.2) is 0 Å². The number of rotatable bonds is 10. The van der Waals surface area contributed by atoms with E-state index in [1.807, 2.05) is 6.92 Å². The maximum Gasteiger partial charge on any atom is 0.119 e. The summed E-state index contributed by atoms with van der Waals surface area (Å²) < 4.78 is 11.2. The van der Waals surface area contributed by atoms with Gasteiger partial charge < -0.3 is 9.47 Å². The van der Waals surface area contributed by atoms with Crippen LogP contribution in [0.2, 0.25) is 0 Å². The highest BCUT2D eigenvalue weighted by atomic mass is 16.5. The van der Waals surface area contributed by atoms with Crippen LogP contribution in [0.3, 0.4) is 0 Å². The summed E-state index contributed by atoms with van der Waals surface area (Å²) in [6, 6.07) is 88.7. The zero-order valence-corrected chi connectivity index (χ0v) is 85.4. The Kier molecular flexibility index (Phi) is 24.9. The van der Waals surface area contributed by atoms with Crippen LogP contribution in [0, 0.1) is 180 Å². The van der Waals surface area contributed by atoms with Gasteiger partial charge in [-0.3, -0.25) is 0 Å². The molecule has 0 heterocycles. The third kappa shape index (κ3) is 16.0. The van der Waals surface area contributed by atoms with E-state index in [4.69, 9.17) is 9.47 Å². The van der Waals surface area contributed by atoms with Gasteiger partial charge in [-0.05, 0) is 484 Å². The van der Waals surface area contributed by atoms with Gasteiger partial charge in [0.2, 0.25) is 0 Å². The zero-order valence-electron chi connectivity index (χ0n) is 85.4. The number of hydrogen-bond donors (Lipinski definition) is 0. The Morgan fingerprint density at radius 1 is 0.174 bits per heavy atom. The average Bonchev–Trinajstić information content (AvgIpc) is 1.58. The molecule has 0 atom stereocenters. The van der Waals surface area contributed by atoms with Crippen molar-refractivity contribution >= 4 is 0 Å². The molecule has 0 aromatic heterocycles. The van der Waals surface area contributed by atoms with E-state index in [-0.39, 0.29) is 27.1 Å². The Morgan fingerprint density at radius 2 is 0.371 bits per heavy atom. The van der Waals surface area contributed by atoms with Gasteiger partial charge in [-0.15, -0.1) is 0 Å². The maximum atomic E-state index is 5.84. The molecule has 0 bridgehead atoms. The standard InChI is InChI=1S/C28H32O2.2C26H28.2C25H26/c1-7-29-12-13-30-23-10-8-22(9-11-23)28(6)26-16-20(4)18(2)14-24(26)25-15-19(3)21(5)17-27(25)28;2*1-15-8-16(2)10-21(9-15)26(7)24-13-19(5)17(3)11-22(24)23-12-18(4)20(6)14-25(23)26;1-15-7-9-20(10-8-15)25(6)23-13-18(4)16(2)11-21(23)22-12-17(3)19(5)14-24(22)25;1-15-8-7-9-20(10-15)25(6)23-13-18(4)16(2)11-21(23)22-12-17(3)19(5)14-24(22)25/h8-11,14-17H,7,12-13H2,1-6H3;2*8-14H,1-7H3;2*7-14H,1-6H3. The molecular weight excluding hydrogens is 1590 g/mol. The monoisotopic (exact) mass is 1730 g/mol. The zero-order chi connectivity index (χ0) is 94.9.